The summed E-state index contributed by atoms with van der Waals surface area (Å²) >= 11 is 7.94. The molecule has 2 heterocycles. The van der Waals surface area contributed by atoms with E-state index in [9.17, 15) is 0 Å². The third-order valence-corrected chi connectivity index (χ3v) is 4.16. The molecule has 0 spiro atoms. The van der Waals surface area contributed by atoms with Gasteiger partial charge in [0.15, 0.2) is 0 Å². The standard InChI is InChI=1S/C15H16ClN3OS/c1-3-20-12-6-4-5-11-14(12)18-15(10(2)16)19(11)9-13-17-7-8-21-13/h4-8,10H,3,9H2,1-2H3. The van der Waals surface area contributed by atoms with E-state index in [1.165, 1.54) is 0 Å². The molecule has 1 atom stereocenters. The third-order valence-electron chi connectivity index (χ3n) is 3.20. The van der Waals surface area contributed by atoms with Gasteiger partial charge in [-0.1, -0.05) is 6.07 Å². The highest BCUT2D eigenvalue weighted by molar-refractivity contribution is 7.09. The van der Waals surface area contributed by atoms with Crippen molar-refractivity contribution in [3.63, 3.8) is 0 Å². The first-order valence-corrected chi connectivity index (χ1v) is 8.16. The highest BCUT2D eigenvalue weighted by atomic mass is 35.5. The molecule has 1 aromatic carbocycles. The van der Waals surface area contributed by atoms with Crippen LogP contribution in [-0.4, -0.2) is 21.1 Å². The molecule has 0 bridgehead atoms. The highest BCUT2D eigenvalue weighted by Crippen LogP contribution is 2.31. The molecule has 0 aliphatic rings. The topological polar surface area (TPSA) is 39.9 Å². The summed E-state index contributed by atoms with van der Waals surface area (Å²) in [5, 5.41) is 2.84. The molecule has 0 amide bonds. The maximum atomic E-state index is 6.31. The van der Waals surface area contributed by atoms with Gasteiger partial charge >= 0.3 is 0 Å². The Balaban J connectivity index is 2.15. The van der Waals surface area contributed by atoms with Gasteiger partial charge in [-0.15, -0.1) is 22.9 Å². The van der Waals surface area contributed by atoms with Gasteiger partial charge in [-0.05, 0) is 26.0 Å². The van der Waals surface area contributed by atoms with E-state index < -0.39 is 0 Å². The predicted octanol–water partition coefficient (Wildman–Crippen LogP) is 4.24. The van der Waals surface area contributed by atoms with Crippen LogP contribution in [0.15, 0.2) is 29.8 Å². The van der Waals surface area contributed by atoms with Crippen molar-refractivity contribution in [1.29, 1.82) is 0 Å². The summed E-state index contributed by atoms with van der Waals surface area (Å²) in [6, 6.07) is 5.96. The number of fused-ring (bicyclic) bond motifs is 1. The van der Waals surface area contributed by atoms with Crippen molar-refractivity contribution < 1.29 is 4.74 Å². The Morgan fingerprint density at radius 3 is 2.95 bits per heavy atom. The SMILES string of the molecule is CCOc1cccc2c1nc(C(C)Cl)n2Cc1nccs1. The van der Waals surface area contributed by atoms with Gasteiger partial charge in [-0.3, -0.25) is 0 Å². The number of rotatable bonds is 5. The second-order valence-electron chi connectivity index (χ2n) is 4.65. The molecule has 1 unspecified atom stereocenters. The summed E-state index contributed by atoms with van der Waals surface area (Å²) in [5.41, 5.74) is 1.89. The van der Waals surface area contributed by atoms with Crippen molar-refractivity contribution in [1.82, 2.24) is 14.5 Å². The molecule has 3 aromatic rings. The zero-order valence-corrected chi connectivity index (χ0v) is 13.5. The average Bonchev–Trinajstić information content (AvgIpc) is 3.09. The maximum Gasteiger partial charge on any atom is 0.147 e. The van der Waals surface area contributed by atoms with Crippen LogP contribution in [0.5, 0.6) is 5.75 Å². The van der Waals surface area contributed by atoms with Crippen LogP contribution in [0.2, 0.25) is 0 Å². The van der Waals surface area contributed by atoms with Gasteiger partial charge in [0.2, 0.25) is 0 Å². The molecule has 110 valence electrons. The fourth-order valence-electron chi connectivity index (χ4n) is 2.35. The van der Waals surface area contributed by atoms with Crippen LogP contribution in [0.25, 0.3) is 11.0 Å². The largest absolute Gasteiger partial charge is 0.492 e. The summed E-state index contributed by atoms with van der Waals surface area (Å²) in [6.45, 7) is 5.19. The van der Waals surface area contributed by atoms with Crippen LogP contribution in [0, 0.1) is 0 Å². The zero-order valence-electron chi connectivity index (χ0n) is 11.9. The Morgan fingerprint density at radius 1 is 1.43 bits per heavy atom. The van der Waals surface area contributed by atoms with Gasteiger partial charge in [0, 0.05) is 11.6 Å². The molecule has 0 saturated carbocycles. The summed E-state index contributed by atoms with van der Waals surface area (Å²) < 4.78 is 7.79. The van der Waals surface area contributed by atoms with Crippen molar-refractivity contribution in [2.45, 2.75) is 25.8 Å². The van der Waals surface area contributed by atoms with Crippen molar-refractivity contribution in [3.05, 3.63) is 40.6 Å². The van der Waals surface area contributed by atoms with Gasteiger partial charge in [0.1, 0.15) is 22.1 Å². The lowest BCUT2D eigenvalue weighted by atomic mass is 10.3. The Morgan fingerprint density at radius 2 is 2.29 bits per heavy atom. The number of thiazole rings is 1. The van der Waals surface area contributed by atoms with Crippen LogP contribution >= 0.6 is 22.9 Å². The van der Waals surface area contributed by atoms with Gasteiger partial charge in [0.25, 0.3) is 0 Å². The number of benzene rings is 1. The lowest BCUT2D eigenvalue weighted by Gasteiger charge is -2.08. The number of aromatic nitrogens is 3. The second-order valence-corrected chi connectivity index (χ2v) is 6.29. The molecule has 0 saturated heterocycles. The molecule has 6 heteroatoms. The van der Waals surface area contributed by atoms with Gasteiger partial charge < -0.3 is 9.30 Å². The van der Waals surface area contributed by atoms with Crippen LogP contribution < -0.4 is 4.74 Å². The van der Waals surface area contributed by atoms with Gasteiger partial charge in [0.05, 0.1) is 24.0 Å². The van der Waals surface area contributed by atoms with Crippen LogP contribution in [-0.2, 0) is 6.54 Å². The van der Waals surface area contributed by atoms with Gasteiger partial charge in [-0.25, -0.2) is 9.97 Å². The first-order valence-electron chi connectivity index (χ1n) is 6.85. The fraction of sp³-hybridized carbons (Fsp3) is 0.333. The molecular weight excluding hydrogens is 306 g/mol. The summed E-state index contributed by atoms with van der Waals surface area (Å²) in [5.74, 6) is 1.64. The fourth-order valence-corrected chi connectivity index (χ4v) is 3.12. The van der Waals surface area contributed by atoms with Crippen molar-refractivity contribution in [2.75, 3.05) is 6.61 Å². The van der Waals surface area contributed by atoms with Crippen LogP contribution in [0.1, 0.15) is 30.1 Å². The molecule has 4 nitrogen and oxygen atoms in total. The Hall–Kier alpha value is -1.59. The van der Waals surface area contributed by atoms with Crippen molar-refractivity contribution >= 4 is 34.0 Å². The van der Waals surface area contributed by atoms with E-state index in [2.05, 4.69) is 9.55 Å². The number of halogens is 1. The first kappa shape index (κ1) is 14.4. The Bertz CT molecular complexity index is 737. The maximum absolute atomic E-state index is 6.31. The quantitative estimate of drug-likeness (QED) is 0.660. The van der Waals surface area contributed by atoms with E-state index in [4.69, 9.17) is 21.3 Å². The van der Waals surface area contributed by atoms with E-state index in [0.717, 1.165) is 27.6 Å². The number of ether oxygens (including phenoxy) is 1. The number of alkyl halides is 1. The van der Waals surface area contributed by atoms with E-state index in [1.807, 2.05) is 43.6 Å². The lowest BCUT2D eigenvalue weighted by molar-refractivity contribution is 0.343. The van der Waals surface area contributed by atoms with E-state index in [1.54, 1.807) is 11.3 Å². The normalized spacial score (nSPS) is 12.7. The minimum atomic E-state index is -0.174. The average molecular weight is 322 g/mol. The molecule has 0 radical (unpaired) electrons. The summed E-state index contributed by atoms with van der Waals surface area (Å²) in [4.78, 5) is 9.05. The number of nitrogens with zero attached hydrogens (tertiary/aromatic N) is 3. The highest BCUT2D eigenvalue weighted by Gasteiger charge is 2.18. The molecule has 21 heavy (non-hydrogen) atoms. The second kappa shape index (κ2) is 6.03. The van der Waals surface area contributed by atoms with Crippen molar-refractivity contribution in [3.8, 4) is 5.75 Å². The van der Waals surface area contributed by atoms with E-state index in [-0.39, 0.29) is 5.38 Å². The summed E-state index contributed by atoms with van der Waals surface area (Å²) in [6.07, 6.45) is 1.81. The smallest absolute Gasteiger partial charge is 0.147 e. The summed E-state index contributed by atoms with van der Waals surface area (Å²) in [7, 11) is 0. The number of para-hydroxylation sites is 1. The number of imidazole rings is 1. The van der Waals surface area contributed by atoms with Crippen LogP contribution in [0.3, 0.4) is 0 Å². The molecule has 0 aliphatic carbocycles. The minimum absolute atomic E-state index is 0.174. The predicted molar refractivity (Wildman–Crippen MR) is 86.4 cm³/mol. The Labute approximate surface area is 132 Å². The zero-order chi connectivity index (χ0) is 14.8. The minimum Gasteiger partial charge on any atom is -0.492 e. The lowest BCUT2D eigenvalue weighted by Crippen LogP contribution is -2.05. The third kappa shape index (κ3) is 2.76. The van der Waals surface area contributed by atoms with E-state index in [0.29, 0.717) is 13.2 Å². The number of hydrogen-bond donors (Lipinski definition) is 0. The molecule has 0 aliphatic heterocycles. The first-order chi connectivity index (χ1) is 10.2. The molecule has 3 rings (SSSR count). The Kier molecular flexibility index (Phi) is 4.12. The van der Waals surface area contributed by atoms with Crippen LogP contribution in [0.4, 0.5) is 0 Å². The number of hydrogen-bond acceptors (Lipinski definition) is 4. The van der Waals surface area contributed by atoms with Gasteiger partial charge in [-0.2, -0.15) is 0 Å². The molecule has 0 N–H and O–H groups in total. The molecular formula is C15H16ClN3OS. The van der Waals surface area contributed by atoms with E-state index >= 15 is 0 Å². The van der Waals surface area contributed by atoms with Crippen molar-refractivity contribution in [2.24, 2.45) is 0 Å². The monoisotopic (exact) mass is 321 g/mol. The molecule has 0 fully saturated rings. The molecule has 2 aromatic heterocycles.